The molecule has 3 rings (SSSR count). The Hall–Kier alpha value is -0.990. The second-order valence-corrected chi connectivity index (χ2v) is 6.88. The third kappa shape index (κ3) is 2.97. The molecule has 0 radical (unpaired) electrons. The molecule has 0 spiro atoms. The van der Waals surface area contributed by atoms with Gasteiger partial charge in [-0.3, -0.25) is 4.90 Å². The lowest BCUT2D eigenvalue weighted by atomic mass is 10.2. The molecule has 2 saturated heterocycles. The SMILES string of the molecule is O=C(O)C1CSC(C2CC2)N1C(=O)N1CCOC(CO)C1. The number of nitrogens with zero attached hydrogens (tertiary/aromatic N) is 2. The van der Waals surface area contributed by atoms with E-state index in [2.05, 4.69) is 0 Å². The van der Waals surface area contributed by atoms with E-state index in [-0.39, 0.29) is 24.1 Å². The number of carbonyl (C=O) groups is 2. The summed E-state index contributed by atoms with van der Waals surface area (Å²) in [5, 5.41) is 18.5. The fourth-order valence-electron chi connectivity index (χ4n) is 2.87. The number of ether oxygens (including phenoxy) is 1. The first kappa shape index (κ1) is 14.9. The lowest BCUT2D eigenvalue weighted by Crippen LogP contribution is -2.56. The van der Waals surface area contributed by atoms with E-state index in [9.17, 15) is 19.8 Å². The van der Waals surface area contributed by atoms with E-state index < -0.39 is 12.0 Å². The van der Waals surface area contributed by atoms with Crippen LogP contribution in [0.4, 0.5) is 4.79 Å². The second-order valence-electron chi connectivity index (χ2n) is 5.73. The Morgan fingerprint density at radius 2 is 2.10 bits per heavy atom. The molecule has 3 unspecified atom stereocenters. The Morgan fingerprint density at radius 3 is 2.71 bits per heavy atom. The van der Waals surface area contributed by atoms with Crippen LogP contribution in [0, 0.1) is 5.92 Å². The molecule has 3 aliphatic rings. The number of hydrogen-bond donors (Lipinski definition) is 2. The largest absolute Gasteiger partial charge is 0.480 e. The molecule has 0 aromatic rings. The van der Waals surface area contributed by atoms with Gasteiger partial charge in [0.2, 0.25) is 0 Å². The van der Waals surface area contributed by atoms with Crippen LogP contribution in [-0.2, 0) is 9.53 Å². The average Bonchev–Trinajstić information content (AvgIpc) is 3.24. The Morgan fingerprint density at radius 1 is 1.33 bits per heavy atom. The van der Waals surface area contributed by atoms with Crippen molar-refractivity contribution in [1.82, 2.24) is 9.80 Å². The van der Waals surface area contributed by atoms with Gasteiger partial charge in [0.25, 0.3) is 0 Å². The fraction of sp³-hybridized carbons (Fsp3) is 0.846. The van der Waals surface area contributed by atoms with Crippen molar-refractivity contribution < 1.29 is 24.5 Å². The number of carboxylic acids is 1. The lowest BCUT2D eigenvalue weighted by molar-refractivity contribution is -0.141. The summed E-state index contributed by atoms with van der Waals surface area (Å²) < 4.78 is 5.35. The molecule has 2 aliphatic heterocycles. The summed E-state index contributed by atoms with van der Waals surface area (Å²) in [7, 11) is 0. The van der Waals surface area contributed by atoms with Crippen molar-refractivity contribution >= 4 is 23.8 Å². The molecule has 118 valence electrons. The molecule has 21 heavy (non-hydrogen) atoms. The highest BCUT2D eigenvalue weighted by Crippen LogP contribution is 2.45. The maximum absolute atomic E-state index is 12.8. The van der Waals surface area contributed by atoms with Gasteiger partial charge in [0.15, 0.2) is 0 Å². The highest BCUT2D eigenvalue weighted by molar-refractivity contribution is 8.00. The molecule has 0 bridgehead atoms. The minimum atomic E-state index is -0.939. The van der Waals surface area contributed by atoms with Crippen molar-refractivity contribution in [2.75, 3.05) is 32.1 Å². The molecular weight excluding hydrogens is 296 g/mol. The summed E-state index contributed by atoms with van der Waals surface area (Å²) in [6.07, 6.45) is 1.76. The van der Waals surface area contributed by atoms with E-state index in [0.29, 0.717) is 31.4 Å². The minimum absolute atomic E-state index is 0.0194. The van der Waals surface area contributed by atoms with Crippen molar-refractivity contribution in [2.24, 2.45) is 5.92 Å². The third-order valence-electron chi connectivity index (χ3n) is 4.18. The van der Waals surface area contributed by atoms with Gasteiger partial charge < -0.3 is 19.8 Å². The summed E-state index contributed by atoms with van der Waals surface area (Å²) in [6.45, 7) is 1.01. The summed E-state index contributed by atoms with van der Waals surface area (Å²) in [6, 6.07) is -0.977. The number of carbonyl (C=O) groups excluding carboxylic acids is 1. The van der Waals surface area contributed by atoms with Crippen LogP contribution in [-0.4, -0.2) is 81.6 Å². The number of aliphatic carboxylic acids is 1. The number of aliphatic hydroxyl groups is 1. The lowest BCUT2D eigenvalue weighted by Gasteiger charge is -2.37. The first-order chi connectivity index (χ1) is 10.1. The number of morpholine rings is 1. The van der Waals surface area contributed by atoms with Gasteiger partial charge in [-0.25, -0.2) is 9.59 Å². The Balaban J connectivity index is 1.74. The zero-order valence-corrected chi connectivity index (χ0v) is 12.5. The highest BCUT2D eigenvalue weighted by atomic mass is 32.2. The number of carboxylic acid groups (broad SMARTS) is 1. The molecule has 7 nitrogen and oxygen atoms in total. The van der Waals surface area contributed by atoms with Crippen LogP contribution in [0.15, 0.2) is 0 Å². The van der Waals surface area contributed by atoms with Crippen molar-refractivity contribution in [3.05, 3.63) is 0 Å². The maximum atomic E-state index is 12.8. The molecular formula is C13H20N2O5S. The minimum Gasteiger partial charge on any atom is -0.480 e. The molecule has 0 aromatic heterocycles. The second kappa shape index (κ2) is 6.02. The highest BCUT2D eigenvalue weighted by Gasteiger charge is 2.49. The van der Waals surface area contributed by atoms with Crippen LogP contribution in [0.1, 0.15) is 12.8 Å². The van der Waals surface area contributed by atoms with Gasteiger partial charge in [-0.05, 0) is 18.8 Å². The van der Waals surface area contributed by atoms with Crippen molar-refractivity contribution in [1.29, 1.82) is 0 Å². The molecule has 3 fully saturated rings. The number of hydrogen-bond acceptors (Lipinski definition) is 5. The summed E-state index contributed by atoms with van der Waals surface area (Å²) in [5.41, 5.74) is 0. The first-order valence-electron chi connectivity index (χ1n) is 7.26. The van der Waals surface area contributed by atoms with Crippen LogP contribution in [0.25, 0.3) is 0 Å². The van der Waals surface area contributed by atoms with Crippen LogP contribution in [0.3, 0.4) is 0 Å². The van der Waals surface area contributed by atoms with Gasteiger partial charge >= 0.3 is 12.0 Å². The van der Waals surface area contributed by atoms with E-state index in [0.717, 1.165) is 12.8 Å². The smallest absolute Gasteiger partial charge is 0.327 e. The quantitative estimate of drug-likeness (QED) is 0.764. The molecule has 1 saturated carbocycles. The molecule has 2 heterocycles. The van der Waals surface area contributed by atoms with Gasteiger partial charge in [-0.1, -0.05) is 0 Å². The molecule has 2 N–H and O–H groups in total. The van der Waals surface area contributed by atoms with E-state index in [1.54, 1.807) is 21.6 Å². The zero-order chi connectivity index (χ0) is 15.0. The van der Waals surface area contributed by atoms with Gasteiger partial charge in [0.1, 0.15) is 6.04 Å². The van der Waals surface area contributed by atoms with Crippen LogP contribution in [0.2, 0.25) is 0 Å². The maximum Gasteiger partial charge on any atom is 0.327 e. The fourth-order valence-corrected chi connectivity index (χ4v) is 4.50. The molecule has 8 heteroatoms. The van der Waals surface area contributed by atoms with Crippen molar-refractivity contribution in [3.63, 3.8) is 0 Å². The number of rotatable bonds is 3. The Kier molecular flexibility index (Phi) is 4.28. The average molecular weight is 316 g/mol. The van der Waals surface area contributed by atoms with Crippen LogP contribution < -0.4 is 0 Å². The molecule has 2 amide bonds. The van der Waals surface area contributed by atoms with Crippen molar-refractivity contribution in [3.8, 4) is 0 Å². The zero-order valence-electron chi connectivity index (χ0n) is 11.7. The van der Waals surface area contributed by atoms with E-state index in [4.69, 9.17) is 4.74 Å². The monoisotopic (exact) mass is 316 g/mol. The number of thioether (sulfide) groups is 1. The van der Waals surface area contributed by atoms with Gasteiger partial charge in [0.05, 0.1) is 31.2 Å². The molecule has 3 atom stereocenters. The number of urea groups is 1. The topological polar surface area (TPSA) is 90.3 Å². The molecule has 0 aromatic carbocycles. The van der Waals surface area contributed by atoms with Gasteiger partial charge in [0, 0.05) is 12.3 Å². The molecule has 1 aliphatic carbocycles. The number of aliphatic hydroxyl groups excluding tert-OH is 1. The van der Waals surface area contributed by atoms with E-state index in [1.807, 2.05) is 0 Å². The van der Waals surface area contributed by atoms with Crippen LogP contribution >= 0.6 is 11.8 Å². The number of amides is 2. The van der Waals surface area contributed by atoms with E-state index in [1.165, 1.54) is 0 Å². The van der Waals surface area contributed by atoms with Crippen molar-refractivity contribution in [2.45, 2.75) is 30.4 Å². The Labute approximate surface area is 127 Å². The Bertz CT molecular complexity index is 431. The normalized spacial score (nSPS) is 33.3. The van der Waals surface area contributed by atoms with E-state index >= 15 is 0 Å². The predicted molar refractivity (Wildman–Crippen MR) is 76.0 cm³/mol. The van der Waals surface area contributed by atoms with Gasteiger partial charge in [-0.2, -0.15) is 0 Å². The predicted octanol–water partition coefficient (Wildman–Crippen LogP) is 0.0376. The summed E-state index contributed by atoms with van der Waals surface area (Å²) >= 11 is 1.57. The van der Waals surface area contributed by atoms with Crippen LogP contribution in [0.5, 0.6) is 0 Å². The third-order valence-corrected chi connectivity index (χ3v) is 5.64. The first-order valence-corrected chi connectivity index (χ1v) is 8.30. The summed E-state index contributed by atoms with van der Waals surface area (Å²) in [4.78, 5) is 27.3. The van der Waals surface area contributed by atoms with Gasteiger partial charge in [-0.15, -0.1) is 11.8 Å². The standard InChI is InChI=1S/C13H20N2O5S/c16-6-9-5-14(3-4-20-9)13(19)15-10(12(17)18)7-21-11(15)8-1-2-8/h8-11,16H,1-7H2,(H,17,18). The summed E-state index contributed by atoms with van der Waals surface area (Å²) in [5.74, 6) is -0.0559.